The molecule has 1 N–H and O–H groups in total. The number of halogens is 2. The molecule has 1 aliphatic heterocycles. The maximum absolute atomic E-state index is 13.0. The molecule has 1 fully saturated rings. The fourth-order valence-electron chi connectivity index (χ4n) is 2.59. The standard InChI is InChI=1S/C16H22ClFN2O/c1-11(2)16(21)20-7-5-14(6-8-20)19-10-12-3-4-13(18)9-15(12)17/h3-4,9,11,14,19H,5-8,10H2,1-2H3. The van der Waals surface area contributed by atoms with E-state index in [1.54, 1.807) is 6.07 Å². The largest absolute Gasteiger partial charge is 0.342 e. The van der Waals surface area contributed by atoms with E-state index in [1.807, 2.05) is 18.7 Å². The van der Waals surface area contributed by atoms with Crippen LogP contribution in [0, 0.1) is 11.7 Å². The fourth-order valence-corrected chi connectivity index (χ4v) is 2.82. The van der Waals surface area contributed by atoms with Gasteiger partial charge in [-0.05, 0) is 30.5 Å². The summed E-state index contributed by atoms with van der Waals surface area (Å²) in [4.78, 5) is 13.9. The third kappa shape index (κ3) is 4.42. The van der Waals surface area contributed by atoms with Crippen LogP contribution in [0.15, 0.2) is 18.2 Å². The Morgan fingerprint density at radius 2 is 2.10 bits per heavy atom. The van der Waals surface area contributed by atoms with Crippen LogP contribution in [0.5, 0.6) is 0 Å². The van der Waals surface area contributed by atoms with Crippen LogP contribution in [-0.4, -0.2) is 29.9 Å². The first-order valence-electron chi connectivity index (χ1n) is 7.43. The van der Waals surface area contributed by atoms with Crippen molar-refractivity contribution in [3.63, 3.8) is 0 Å². The molecule has 1 aromatic carbocycles. The maximum atomic E-state index is 13.0. The van der Waals surface area contributed by atoms with E-state index < -0.39 is 0 Å². The number of piperidine rings is 1. The van der Waals surface area contributed by atoms with Crippen LogP contribution in [0.1, 0.15) is 32.3 Å². The van der Waals surface area contributed by atoms with Gasteiger partial charge in [-0.15, -0.1) is 0 Å². The highest BCUT2D eigenvalue weighted by molar-refractivity contribution is 6.31. The molecule has 0 atom stereocenters. The Hall–Kier alpha value is -1.13. The highest BCUT2D eigenvalue weighted by atomic mass is 35.5. The summed E-state index contributed by atoms with van der Waals surface area (Å²) >= 11 is 6.01. The molecule has 0 saturated carbocycles. The predicted molar refractivity (Wildman–Crippen MR) is 82.7 cm³/mol. The number of hydrogen-bond donors (Lipinski definition) is 1. The van der Waals surface area contributed by atoms with Gasteiger partial charge < -0.3 is 10.2 Å². The summed E-state index contributed by atoms with van der Waals surface area (Å²) in [6, 6.07) is 4.85. The zero-order valence-electron chi connectivity index (χ0n) is 12.5. The number of nitrogens with one attached hydrogen (secondary N) is 1. The Morgan fingerprint density at radius 1 is 1.43 bits per heavy atom. The van der Waals surface area contributed by atoms with E-state index in [1.165, 1.54) is 12.1 Å². The van der Waals surface area contributed by atoms with Gasteiger partial charge in [-0.25, -0.2) is 4.39 Å². The van der Waals surface area contributed by atoms with E-state index in [-0.39, 0.29) is 17.6 Å². The lowest BCUT2D eigenvalue weighted by Crippen LogP contribution is -2.46. The molecule has 0 radical (unpaired) electrons. The second-order valence-corrected chi connectivity index (χ2v) is 6.28. The quantitative estimate of drug-likeness (QED) is 0.926. The molecule has 0 aliphatic carbocycles. The van der Waals surface area contributed by atoms with Crippen LogP contribution in [0.2, 0.25) is 5.02 Å². The Balaban J connectivity index is 1.80. The lowest BCUT2D eigenvalue weighted by Gasteiger charge is -2.33. The van der Waals surface area contributed by atoms with Crippen LogP contribution in [0.25, 0.3) is 0 Å². The Labute approximate surface area is 130 Å². The SMILES string of the molecule is CC(C)C(=O)N1CCC(NCc2ccc(F)cc2Cl)CC1. The van der Waals surface area contributed by atoms with Crippen molar-refractivity contribution in [3.8, 4) is 0 Å². The van der Waals surface area contributed by atoms with Crippen molar-refractivity contribution < 1.29 is 9.18 Å². The van der Waals surface area contributed by atoms with E-state index in [4.69, 9.17) is 11.6 Å². The zero-order chi connectivity index (χ0) is 15.4. The van der Waals surface area contributed by atoms with Crippen molar-refractivity contribution in [2.24, 2.45) is 5.92 Å². The third-order valence-electron chi connectivity index (χ3n) is 3.90. The van der Waals surface area contributed by atoms with Crippen molar-refractivity contribution in [1.29, 1.82) is 0 Å². The van der Waals surface area contributed by atoms with Crippen molar-refractivity contribution in [3.05, 3.63) is 34.6 Å². The molecule has 0 spiro atoms. The number of hydrogen-bond acceptors (Lipinski definition) is 2. The van der Waals surface area contributed by atoms with Gasteiger partial charge in [0.05, 0.1) is 0 Å². The minimum absolute atomic E-state index is 0.0625. The summed E-state index contributed by atoms with van der Waals surface area (Å²) in [5, 5.41) is 3.90. The second-order valence-electron chi connectivity index (χ2n) is 5.87. The molecule has 5 heteroatoms. The first kappa shape index (κ1) is 16.2. The van der Waals surface area contributed by atoms with Gasteiger partial charge in [-0.1, -0.05) is 31.5 Å². The molecular formula is C16H22ClFN2O. The molecule has 116 valence electrons. The summed E-state index contributed by atoms with van der Waals surface area (Å²) in [7, 11) is 0. The van der Waals surface area contributed by atoms with Gasteiger partial charge in [0.2, 0.25) is 5.91 Å². The van der Waals surface area contributed by atoms with E-state index >= 15 is 0 Å². The lowest BCUT2D eigenvalue weighted by molar-refractivity contribution is -0.135. The van der Waals surface area contributed by atoms with Crippen molar-refractivity contribution in [1.82, 2.24) is 10.2 Å². The van der Waals surface area contributed by atoms with E-state index in [0.717, 1.165) is 31.5 Å². The van der Waals surface area contributed by atoms with Gasteiger partial charge in [-0.3, -0.25) is 4.79 Å². The number of likely N-dealkylation sites (tertiary alicyclic amines) is 1. The van der Waals surface area contributed by atoms with Crippen LogP contribution in [0.3, 0.4) is 0 Å². The third-order valence-corrected chi connectivity index (χ3v) is 4.25. The topological polar surface area (TPSA) is 32.3 Å². The zero-order valence-corrected chi connectivity index (χ0v) is 13.3. The van der Waals surface area contributed by atoms with Crippen LogP contribution < -0.4 is 5.32 Å². The smallest absolute Gasteiger partial charge is 0.225 e. The maximum Gasteiger partial charge on any atom is 0.225 e. The van der Waals surface area contributed by atoms with E-state index in [0.29, 0.717) is 17.6 Å². The molecule has 0 unspecified atom stereocenters. The number of rotatable bonds is 4. The Bertz CT molecular complexity index is 499. The average Bonchev–Trinajstić information content (AvgIpc) is 2.46. The minimum Gasteiger partial charge on any atom is -0.342 e. The van der Waals surface area contributed by atoms with Gasteiger partial charge in [0.1, 0.15) is 5.82 Å². The van der Waals surface area contributed by atoms with Crippen LogP contribution in [0.4, 0.5) is 4.39 Å². The summed E-state index contributed by atoms with van der Waals surface area (Å²) in [5.74, 6) is -0.0215. The number of amides is 1. The van der Waals surface area contributed by atoms with Crippen molar-refractivity contribution in [2.75, 3.05) is 13.1 Å². The normalized spacial score (nSPS) is 16.5. The molecule has 1 saturated heterocycles. The van der Waals surface area contributed by atoms with E-state index in [9.17, 15) is 9.18 Å². The number of carbonyl (C=O) groups is 1. The molecular weight excluding hydrogens is 291 g/mol. The highest BCUT2D eigenvalue weighted by Gasteiger charge is 2.23. The molecule has 1 heterocycles. The summed E-state index contributed by atoms with van der Waals surface area (Å²) < 4.78 is 13.0. The van der Waals surface area contributed by atoms with Gasteiger partial charge in [0, 0.05) is 36.6 Å². The summed E-state index contributed by atoms with van der Waals surface area (Å²) in [6.07, 6.45) is 1.88. The van der Waals surface area contributed by atoms with Crippen LogP contribution in [-0.2, 0) is 11.3 Å². The minimum atomic E-state index is -0.316. The monoisotopic (exact) mass is 312 g/mol. The highest BCUT2D eigenvalue weighted by Crippen LogP contribution is 2.18. The Morgan fingerprint density at radius 3 is 2.67 bits per heavy atom. The molecule has 1 aliphatic rings. The molecule has 0 aromatic heterocycles. The van der Waals surface area contributed by atoms with Crippen molar-refractivity contribution >= 4 is 17.5 Å². The van der Waals surface area contributed by atoms with Gasteiger partial charge >= 0.3 is 0 Å². The molecule has 1 amide bonds. The molecule has 0 bridgehead atoms. The second kappa shape index (κ2) is 7.23. The first-order valence-corrected chi connectivity index (χ1v) is 7.81. The number of benzene rings is 1. The fraction of sp³-hybridized carbons (Fsp3) is 0.562. The number of nitrogens with zero attached hydrogens (tertiary/aromatic N) is 1. The van der Waals surface area contributed by atoms with Gasteiger partial charge in [-0.2, -0.15) is 0 Å². The molecule has 3 nitrogen and oxygen atoms in total. The van der Waals surface area contributed by atoms with E-state index in [2.05, 4.69) is 5.32 Å². The van der Waals surface area contributed by atoms with Crippen LogP contribution >= 0.6 is 11.6 Å². The van der Waals surface area contributed by atoms with Gasteiger partial charge in [0.15, 0.2) is 0 Å². The first-order chi connectivity index (χ1) is 9.97. The molecule has 1 aromatic rings. The average molecular weight is 313 g/mol. The molecule has 21 heavy (non-hydrogen) atoms. The lowest BCUT2D eigenvalue weighted by atomic mass is 10.0. The van der Waals surface area contributed by atoms with Crippen molar-refractivity contribution in [2.45, 2.75) is 39.3 Å². The summed E-state index contributed by atoms with van der Waals surface area (Å²) in [6.45, 7) is 6.09. The molecule has 2 rings (SSSR count). The van der Waals surface area contributed by atoms with Gasteiger partial charge in [0.25, 0.3) is 0 Å². The number of carbonyl (C=O) groups excluding carboxylic acids is 1. The summed E-state index contributed by atoms with van der Waals surface area (Å²) in [5.41, 5.74) is 0.902. The Kier molecular flexibility index (Phi) is 5.59. The predicted octanol–water partition coefficient (Wildman–Crippen LogP) is 3.22.